The van der Waals surface area contributed by atoms with Gasteiger partial charge in [0.2, 0.25) is 0 Å². The van der Waals surface area contributed by atoms with Crippen LogP contribution >= 0.6 is 0 Å². The van der Waals surface area contributed by atoms with Crippen LogP contribution in [0, 0.1) is 0 Å². The molecule has 92 valence electrons. The lowest BCUT2D eigenvalue weighted by atomic mass is 10.0. The predicted octanol–water partition coefficient (Wildman–Crippen LogP) is 4.32. The Bertz CT molecular complexity index is 497. The average Bonchev–Trinajstić information content (AvgIpc) is 2.46. The van der Waals surface area contributed by atoms with E-state index in [2.05, 4.69) is 67.4 Å². The molecule has 0 bridgehead atoms. The molecule has 1 nitrogen and oxygen atoms in total. The van der Waals surface area contributed by atoms with Crippen LogP contribution in [0.25, 0.3) is 16.8 Å². The number of benzene rings is 2. The summed E-state index contributed by atoms with van der Waals surface area (Å²) in [5, 5.41) is 3.31. The molecule has 0 saturated heterocycles. The molecule has 0 fully saturated rings. The van der Waals surface area contributed by atoms with E-state index in [9.17, 15) is 0 Å². The highest BCUT2D eigenvalue weighted by Gasteiger charge is 1.99. The first-order valence-electron chi connectivity index (χ1n) is 6.40. The second-order valence-corrected chi connectivity index (χ2v) is 4.35. The smallest absolute Gasteiger partial charge is 0.0340 e. The first-order valence-corrected chi connectivity index (χ1v) is 6.40. The predicted molar refractivity (Wildman–Crippen MR) is 79.2 cm³/mol. The van der Waals surface area contributed by atoms with Crippen LogP contribution in [-0.2, 0) is 0 Å². The lowest BCUT2D eigenvalue weighted by molar-refractivity contribution is 0.825. The molecule has 1 N–H and O–H groups in total. The number of hydrogen-bond acceptors (Lipinski definition) is 1. The summed E-state index contributed by atoms with van der Waals surface area (Å²) < 4.78 is 0. The van der Waals surface area contributed by atoms with Crippen molar-refractivity contribution < 1.29 is 0 Å². The molecule has 0 spiro atoms. The maximum Gasteiger partial charge on any atom is 0.0340 e. The lowest BCUT2D eigenvalue weighted by Crippen LogP contribution is -2.11. The van der Waals surface area contributed by atoms with E-state index in [0.717, 1.165) is 24.2 Å². The summed E-state index contributed by atoms with van der Waals surface area (Å²) in [5.41, 5.74) is 4.64. The zero-order valence-electron chi connectivity index (χ0n) is 10.8. The van der Waals surface area contributed by atoms with E-state index >= 15 is 0 Å². The Hall–Kier alpha value is -2.02. The first kappa shape index (κ1) is 12.4. The molecule has 0 aliphatic heterocycles. The van der Waals surface area contributed by atoms with Crippen molar-refractivity contribution in [3.05, 3.63) is 66.7 Å². The molecule has 0 heterocycles. The second-order valence-electron chi connectivity index (χ2n) is 4.35. The van der Waals surface area contributed by atoms with Gasteiger partial charge in [-0.3, -0.25) is 0 Å². The van der Waals surface area contributed by atoms with Gasteiger partial charge < -0.3 is 5.32 Å². The summed E-state index contributed by atoms with van der Waals surface area (Å²) in [6.45, 7) is 7.18. The van der Waals surface area contributed by atoms with Crippen LogP contribution < -0.4 is 5.32 Å². The fourth-order valence-electron chi connectivity index (χ4n) is 1.87. The molecule has 18 heavy (non-hydrogen) atoms. The van der Waals surface area contributed by atoms with Crippen LogP contribution in [-0.4, -0.2) is 6.54 Å². The quantitative estimate of drug-likeness (QED) is 0.816. The Morgan fingerprint density at radius 1 is 0.944 bits per heavy atom. The maximum atomic E-state index is 4.05. The third-order valence-corrected chi connectivity index (χ3v) is 2.93. The van der Waals surface area contributed by atoms with E-state index < -0.39 is 0 Å². The average molecular weight is 237 g/mol. The highest BCUT2D eigenvalue weighted by atomic mass is 14.9. The summed E-state index contributed by atoms with van der Waals surface area (Å²) in [7, 11) is 0. The lowest BCUT2D eigenvalue weighted by Gasteiger charge is -2.09. The van der Waals surface area contributed by atoms with Crippen LogP contribution in [0.2, 0.25) is 0 Å². The molecule has 1 heteroatoms. The topological polar surface area (TPSA) is 12.0 Å². The van der Waals surface area contributed by atoms with E-state index in [-0.39, 0.29) is 0 Å². The van der Waals surface area contributed by atoms with Crippen molar-refractivity contribution in [2.45, 2.75) is 13.3 Å². The molecular weight excluding hydrogens is 218 g/mol. The van der Waals surface area contributed by atoms with Gasteiger partial charge in [0.1, 0.15) is 0 Å². The zero-order chi connectivity index (χ0) is 12.8. The van der Waals surface area contributed by atoms with E-state index in [4.69, 9.17) is 0 Å². The number of nitrogens with one attached hydrogen (secondary N) is 1. The first-order chi connectivity index (χ1) is 8.81. The van der Waals surface area contributed by atoms with Crippen molar-refractivity contribution in [2.75, 3.05) is 6.54 Å². The molecular formula is C17H19N. The summed E-state index contributed by atoms with van der Waals surface area (Å²) in [6.07, 6.45) is 1.11. The second kappa shape index (κ2) is 6.06. The largest absolute Gasteiger partial charge is 0.385 e. The van der Waals surface area contributed by atoms with Gasteiger partial charge in [0.05, 0.1) is 0 Å². The van der Waals surface area contributed by atoms with Crippen molar-refractivity contribution in [3.8, 4) is 11.1 Å². The van der Waals surface area contributed by atoms with Crippen LogP contribution in [0.4, 0.5) is 0 Å². The Kier molecular flexibility index (Phi) is 4.19. The summed E-state index contributed by atoms with van der Waals surface area (Å²) >= 11 is 0. The maximum absolute atomic E-state index is 4.05. The summed E-state index contributed by atoms with van der Waals surface area (Å²) in [6, 6.07) is 18.9. The Morgan fingerprint density at radius 3 is 2.17 bits per heavy atom. The van der Waals surface area contributed by atoms with E-state index in [0.29, 0.717) is 0 Å². The Labute approximate surface area is 109 Å². The van der Waals surface area contributed by atoms with Gasteiger partial charge >= 0.3 is 0 Å². The van der Waals surface area contributed by atoms with Crippen molar-refractivity contribution in [1.82, 2.24) is 5.32 Å². The van der Waals surface area contributed by atoms with E-state index in [1.54, 1.807) is 0 Å². The van der Waals surface area contributed by atoms with Crippen molar-refractivity contribution in [3.63, 3.8) is 0 Å². The number of hydrogen-bond donors (Lipinski definition) is 1. The van der Waals surface area contributed by atoms with Crippen molar-refractivity contribution in [2.24, 2.45) is 0 Å². The van der Waals surface area contributed by atoms with Gasteiger partial charge in [0.25, 0.3) is 0 Å². The third kappa shape index (κ3) is 3.01. The van der Waals surface area contributed by atoms with Crippen LogP contribution in [0.15, 0.2) is 61.2 Å². The normalized spacial score (nSPS) is 10.1. The standard InChI is InChI=1S/C17H19N/c1-3-13-18-14(2)15-9-11-17(12-10-15)16-7-5-4-6-8-16/h4-12,18H,2-3,13H2,1H3. The monoisotopic (exact) mass is 237 g/mol. The van der Waals surface area contributed by atoms with Gasteiger partial charge in [-0.2, -0.15) is 0 Å². The molecule has 0 aliphatic rings. The van der Waals surface area contributed by atoms with Crippen molar-refractivity contribution in [1.29, 1.82) is 0 Å². The SMILES string of the molecule is C=C(NCCC)c1ccc(-c2ccccc2)cc1. The highest BCUT2D eigenvalue weighted by molar-refractivity contribution is 5.68. The molecule has 0 amide bonds. The zero-order valence-corrected chi connectivity index (χ0v) is 10.8. The molecule has 0 saturated carbocycles. The minimum Gasteiger partial charge on any atom is -0.385 e. The van der Waals surface area contributed by atoms with Crippen LogP contribution in [0.1, 0.15) is 18.9 Å². The minimum absolute atomic E-state index is 0.971. The molecule has 0 unspecified atom stereocenters. The summed E-state index contributed by atoms with van der Waals surface area (Å²) in [4.78, 5) is 0. The molecule has 2 rings (SSSR count). The highest BCUT2D eigenvalue weighted by Crippen LogP contribution is 2.20. The number of rotatable bonds is 5. The van der Waals surface area contributed by atoms with E-state index in [1.165, 1.54) is 11.1 Å². The fraction of sp³-hybridized carbons (Fsp3) is 0.176. The molecule has 0 aromatic heterocycles. The fourth-order valence-corrected chi connectivity index (χ4v) is 1.87. The molecule has 0 aliphatic carbocycles. The Balaban J connectivity index is 2.13. The van der Waals surface area contributed by atoms with Gasteiger partial charge in [-0.1, -0.05) is 68.1 Å². The van der Waals surface area contributed by atoms with Gasteiger partial charge in [-0.25, -0.2) is 0 Å². The molecule has 2 aromatic rings. The Morgan fingerprint density at radius 2 is 1.56 bits per heavy atom. The van der Waals surface area contributed by atoms with E-state index in [1.807, 2.05) is 6.07 Å². The van der Waals surface area contributed by atoms with Gasteiger partial charge in [-0.15, -0.1) is 0 Å². The van der Waals surface area contributed by atoms with Gasteiger partial charge in [-0.05, 0) is 23.1 Å². The van der Waals surface area contributed by atoms with Crippen LogP contribution in [0.5, 0.6) is 0 Å². The van der Waals surface area contributed by atoms with Crippen molar-refractivity contribution >= 4 is 5.70 Å². The molecule has 0 radical (unpaired) electrons. The summed E-state index contributed by atoms with van der Waals surface area (Å²) in [5.74, 6) is 0. The minimum atomic E-state index is 0.971. The third-order valence-electron chi connectivity index (χ3n) is 2.93. The molecule has 0 atom stereocenters. The van der Waals surface area contributed by atoms with Gasteiger partial charge in [0, 0.05) is 12.2 Å². The molecule has 2 aromatic carbocycles. The van der Waals surface area contributed by atoms with Crippen LogP contribution in [0.3, 0.4) is 0 Å². The van der Waals surface area contributed by atoms with Gasteiger partial charge in [0.15, 0.2) is 0 Å².